The van der Waals surface area contributed by atoms with Gasteiger partial charge in [0, 0.05) is 31.3 Å². The van der Waals surface area contributed by atoms with Crippen LogP contribution in [0.2, 0.25) is 0 Å². The summed E-state index contributed by atoms with van der Waals surface area (Å²) in [6.07, 6.45) is 1.54. The fourth-order valence-corrected chi connectivity index (χ4v) is 3.11. The largest absolute Gasteiger partial charge is 0.350 e. The minimum Gasteiger partial charge on any atom is -0.350 e. The molecule has 1 aromatic heterocycles. The summed E-state index contributed by atoms with van der Waals surface area (Å²) in [6.45, 7) is 2.17. The van der Waals surface area contributed by atoms with Gasteiger partial charge in [-0.15, -0.1) is 0 Å². The highest BCUT2D eigenvalue weighted by atomic mass is 16.2. The number of aryl methyl sites for hydroxylation is 1. The lowest BCUT2D eigenvalue weighted by molar-refractivity contribution is -0.125. The van der Waals surface area contributed by atoms with Gasteiger partial charge in [0.05, 0.1) is 0 Å². The van der Waals surface area contributed by atoms with E-state index in [0.717, 1.165) is 11.1 Å². The smallest absolute Gasteiger partial charge is 0.240 e. The van der Waals surface area contributed by atoms with Gasteiger partial charge in [-0.05, 0) is 42.3 Å². The Morgan fingerprint density at radius 3 is 2.38 bits per heavy atom. The number of hydrogen-bond acceptors (Lipinski definition) is 4. The molecular weight excluding hydrogens is 404 g/mol. The van der Waals surface area contributed by atoms with Gasteiger partial charge in [0.15, 0.2) is 0 Å². The number of anilines is 2. The molecule has 1 heterocycles. The Hall–Kier alpha value is -4.00. The van der Waals surface area contributed by atoms with Gasteiger partial charge in [-0.3, -0.25) is 14.4 Å². The molecule has 2 aromatic carbocycles. The van der Waals surface area contributed by atoms with Crippen LogP contribution in [0.25, 0.3) is 0 Å². The van der Waals surface area contributed by atoms with Crippen molar-refractivity contribution < 1.29 is 14.4 Å². The van der Waals surface area contributed by atoms with Gasteiger partial charge in [-0.2, -0.15) is 0 Å². The molecule has 2 N–H and O–H groups in total. The first-order valence-corrected chi connectivity index (χ1v) is 10.4. The van der Waals surface area contributed by atoms with E-state index in [1.165, 1.54) is 4.90 Å². The van der Waals surface area contributed by atoms with Crippen molar-refractivity contribution in [2.45, 2.75) is 26.3 Å². The first-order chi connectivity index (χ1) is 15.5. The van der Waals surface area contributed by atoms with Gasteiger partial charge < -0.3 is 15.5 Å². The molecule has 32 heavy (non-hydrogen) atoms. The van der Waals surface area contributed by atoms with Crippen molar-refractivity contribution in [3.63, 3.8) is 0 Å². The Morgan fingerprint density at radius 2 is 1.66 bits per heavy atom. The van der Waals surface area contributed by atoms with Crippen LogP contribution in [0.15, 0.2) is 79.0 Å². The lowest BCUT2D eigenvalue weighted by atomic mass is 10.1. The molecule has 0 saturated heterocycles. The highest BCUT2D eigenvalue weighted by molar-refractivity contribution is 6.01. The van der Waals surface area contributed by atoms with Crippen LogP contribution >= 0.6 is 0 Å². The summed E-state index contributed by atoms with van der Waals surface area (Å²) in [7, 11) is 0. The number of hydrogen-bond donors (Lipinski definition) is 2. The van der Waals surface area contributed by atoms with Crippen molar-refractivity contribution in [3.8, 4) is 0 Å². The second-order valence-corrected chi connectivity index (χ2v) is 7.34. The van der Waals surface area contributed by atoms with Crippen molar-refractivity contribution in [2.24, 2.45) is 0 Å². The predicted octanol–water partition coefficient (Wildman–Crippen LogP) is 3.46. The van der Waals surface area contributed by atoms with E-state index in [4.69, 9.17) is 0 Å². The summed E-state index contributed by atoms with van der Waals surface area (Å²) in [5, 5.41) is 5.51. The SMILES string of the molecule is Cc1cccc(N(CC(=O)NCc2ccccc2)C(=O)CCC(=O)Nc2ccccn2)c1. The monoisotopic (exact) mass is 430 g/mol. The summed E-state index contributed by atoms with van der Waals surface area (Å²) < 4.78 is 0. The molecule has 0 unspecified atom stereocenters. The quantitative estimate of drug-likeness (QED) is 0.544. The van der Waals surface area contributed by atoms with Crippen molar-refractivity contribution in [2.75, 3.05) is 16.8 Å². The molecule has 0 saturated carbocycles. The summed E-state index contributed by atoms with van der Waals surface area (Å²) >= 11 is 0. The first-order valence-electron chi connectivity index (χ1n) is 10.4. The molecule has 0 spiro atoms. The average Bonchev–Trinajstić information content (AvgIpc) is 2.81. The zero-order chi connectivity index (χ0) is 22.8. The summed E-state index contributed by atoms with van der Waals surface area (Å²) in [4.78, 5) is 43.2. The maximum absolute atomic E-state index is 13.0. The molecule has 0 aliphatic carbocycles. The van der Waals surface area contributed by atoms with Crippen LogP contribution < -0.4 is 15.5 Å². The molecule has 3 amide bonds. The van der Waals surface area contributed by atoms with Gasteiger partial charge in [0.25, 0.3) is 0 Å². The number of rotatable bonds is 9. The van der Waals surface area contributed by atoms with Crippen molar-refractivity contribution in [1.82, 2.24) is 10.3 Å². The fourth-order valence-electron chi connectivity index (χ4n) is 3.11. The van der Waals surface area contributed by atoms with Crippen LogP contribution in [0.5, 0.6) is 0 Å². The summed E-state index contributed by atoms with van der Waals surface area (Å²) in [5.74, 6) is -0.459. The minimum atomic E-state index is -0.310. The molecule has 0 radical (unpaired) electrons. The van der Waals surface area contributed by atoms with Crippen LogP contribution in [0, 0.1) is 6.92 Å². The summed E-state index contributed by atoms with van der Waals surface area (Å²) in [6, 6.07) is 22.1. The molecule has 0 bridgehead atoms. The third-order valence-corrected chi connectivity index (χ3v) is 4.75. The Kier molecular flexibility index (Phi) is 8.09. The normalized spacial score (nSPS) is 10.3. The molecule has 7 heteroatoms. The Morgan fingerprint density at radius 1 is 0.875 bits per heavy atom. The lowest BCUT2D eigenvalue weighted by Gasteiger charge is -2.23. The number of pyridine rings is 1. The van der Waals surface area contributed by atoms with E-state index >= 15 is 0 Å². The molecule has 3 aromatic rings. The van der Waals surface area contributed by atoms with Gasteiger partial charge in [-0.25, -0.2) is 4.98 Å². The molecule has 3 rings (SSSR count). The maximum Gasteiger partial charge on any atom is 0.240 e. The van der Waals surface area contributed by atoms with Gasteiger partial charge in [0.1, 0.15) is 12.4 Å². The maximum atomic E-state index is 13.0. The topological polar surface area (TPSA) is 91.4 Å². The third-order valence-electron chi connectivity index (χ3n) is 4.75. The second kappa shape index (κ2) is 11.4. The highest BCUT2D eigenvalue weighted by Gasteiger charge is 2.20. The van der Waals surface area contributed by atoms with Gasteiger partial charge in [-0.1, -0.05) is 48.5 Å². The van der Waals surface area contributed by atoms with Gasteiger partial charge >= 0.3 is 0 Å². The van der Waals surface area contributed by atoms with Crippen LogP contribution in [0.1, 0.15) is 24.0 Å². The zero-order valence-electron chi connectivity index (χ0n) is 18.0. The van der Waals surface area contributed by atoms with Crippen LogP contribution in [-0.4, -0.2) is 29.3 Å². The van der Waals surface area contributed by atoms with E-state index in [0.29, 0.717) is 18.1 Å². The van der Waals surface area contributed by atoms with E-state index in [1.807, 2.05) is 55.5 Å². The molecule has 7 nitrogen and oxygen atoms in total. The van der Waals surface area contributed by atoms with Crippen LogP contribution in [0.4, 0.5) is 11.5 Å². The Bertz CT molecular complexity index is 1060. The molecular formula is C25H26N4O3. The van der Waals surface area contributed by atoms with E-state index < -0.39 is 0 Å². The lowest BCUT2D eigenvalue weighted by Crippen LogP contribution is -2.41. The number of aromatic nitrogens is 1. The minimum absolute atomic E-state index is 0.0106. The number of nitrogens with one attached hydrogen (secondary N) is 2. The number of carbonyl (C=O) groups is 3. The number of amides is 3. The Balaban J connectivity index is 1.62. The number of nitrogens with zero attached hydrogens (tertiary/aromatic N) is 2. The Labute approximate surface area is 187 Å². The van der Waals surface area contributed by atoms with Crippen molar-refractivity contribution in [3.05, 3.63) is 90.1 Å². The van der Waals surface area contributed by atoms with E-state index in [-0.39, 0.29) is 37.1 Å². The van der Waals surface area contributed by atoms with Crippen LogP contribution in [-0.2, 0) is 20.9 Å². The van der Waals surface area contributed by atoms with E-state index in [9.17, 15) is 14.4 Å². The molecule has 0 fully saturated rings. The van der Waals surface area contributed by atoms with Crippen LogP contribution in [0.3, 0.4) is 0 Å². The third kappa shape index (κ3) is 7.05. The average molecular weight is 431 g/mol. The second-order valence-electron chi connectivity index (χ2n) is 7.34. The molecule has 0 aliphatic heterocycles. The van der Waals surface area contributed by atoms with Gasteiger partial charge in [0.2, 0.25) is 17.7 Å². The summed E-state index contributed by atoms with van der Waals surface area (Å²) in [5.41, 5.74) is 2.56. The van der Waals surface area contributed by atoms with Crippen molar-refractivity contribution >= 4 is 29.2 Å². The molecule has 164 valence electrons. The standard InChI is InChI=1S/C25H26N4O3/c1-19-8-7-11-21(16-19)29(18-24(31)27-17-20-9-3-2-4-10-20)25(32)14-13-23(30)28-22-12-5-6-15-26-22/h2-12,15-16H,13-14,17-18H2,1H3,(H,27,31)(H,26,28,30). The zero-order valence-corrected chi connectivity index (χ0v) is 18.0. The molecule has 0 aliphatic rings. The highest BCUT2D eigenvalue weighted by Crippen LogP contribution is 2.17. The predicted molar refractivity (Wildman–Crippen MR) is 124 cm³/mol. The fraction of sp³-hybridized carbons (Fsp3) is 0.200. The van der Waals surface area contributed by atoms with E-state index in [1.54, 1.807) is 30.5 Å². The molecule has 0 atom stereocenters. The number of benzene rings is 2. The first kappa shape index (κ1) is 22.7. The van der Waals surface area contributed by atoms with E-state index in [2.05, 4.69) is 15.6 Å². The van der Waals surface area contributed by atoms with Crippen molar-refractivity contribution in [1.29, 1.82) is 0 Å². The number of carbonyl (C=O) groups excluding carboxylic acids is 3.